The van der Waals surface area contributed by atoms with E-state index in [1.165, 1.54) is 11.3 Å². The molecule has 1 aliphatic rings. The number of carbonyl (C=O) groups excluding carboxylic acids is 3. The standard InChI is InChI=1S/C19H21NO6S/c1-4-24-19(23)16-13(14-6-5-11(3)26-14)9-27-17(16)20-15(21)8-25-18(22)12-7-10(12)2/h5-6,9-10,12H,4,7-8H2,1-3H3,(H,20,21)/t10-,12+/m0/s1. The van der Waals surface area contributed by atoms with Crippen molar-refractivity contribution in [2.75, 3.05) is 18.5 Å². The Morgan fingerprint density at radius 2 is 2.04 bits per heavy atom. The Morgan fingerprint density at radius 3 is 2.63 bits per heavy atom. The fourth-order valence-electron chi connectivity index (χ4n) is 2.67. The molecule has 0 bridgehead atoms. The number of hydrogen-bond donors (Lipinski definition) is 1. The summed E-state index contributed by atoms with van der Waals surface area (Å²) in [4.78, 5) is 36.3. The van der Waals surface area contributed by atoms with Crippen molar-refractivity contribution in [3.05, 3.63) is 28.8 Å². The number of hydrogen-bond acceptors (Lipinski definition) is 7. The lowest BCUT2D eigenvalue weighted by Crippen LogP contribution is -2.22. The van der Waals surface area contributed by atoms with Crippen LogP contribution in [0.5, 0.6) is 0 Å². The molecule has 1 amide bonds. The molecule has 0 radical (unpaired) electrons. The summed E-state index contributed by atoms with van der Waals surface area (Å²) in [7, 11) is 0. The summed E-state index contributed by atoms with van der Waals surface area (Å²) in [6.07, 6.45) is 0.796. The van der Waals surface area contributed by atoms with Crippen LogP contribution in [0, 0.1) is 18.8 Å². The summed E-state index contributed by atoms with van der Waals surface area (Å²) in [5.74, 6) is 0.00426. The van der Waals surface area contributed by atoms with E-state index in [1.807, 2.05) is 6.92 Å². The molecule has 2 atom stereocenters. The quantitative estimate of drug-likeness (QED) is 0.724. The zero-order chi connectivity index (χ0) is 19.6. The molecule has 0 aliphatic heterocycles. The van der Waals surface area contributed by atoms with Gasteiger partial charge >= 0.3 is 11.9 Å². The summed E-state index contributed by atoms with van der Waals surface area (Å²) < 4.78 is 15.7. The molecule has 0 unspecified atom stereocenters. The van der Waals surface area contributed by atoms with Gasteiger partial charge in [-0.2, -0.15) is 0 Å². The average Bonchev–Trinajstić information content (AvgIpc) is 3.02. The van der Waals surface area contributed by atoms with Crippen molar-refractivity contribution in [2.45, 2.75) is 27.2 Å². The highest BCUT2D eigenvalue weighted by Crippen LogP contribution is 2.39. The molecule has 1 aliphatic carbocycles. The van der Waals surface area contributed by atoms with E-state index in [1.54, 1.807) is 31.4 Å². The van der Waals surface area contributed by atoms with Gasteiger partial charge in [0.1, 0.15) is 22.1 Å². The van der Waals surface area contributed by atoms with Gasteiger partial charge in [-0.3, -0.25) is 9.59 Å². The number of amides is 1. The molecule has 27 heavy (non-hydrogen) atoms. The molecule has 1 saturated carbocycles. The number of ether oxygens (including phenoxy) is 2. The Bertz CT molecular complexity index is 867. The van der Waals surface area contributed by atoms with Gasteiger partial charge in [0.15, 0.2) is 6.61 Å². The second-order valence-corrected chi connectivity index (χ2v) is 7.34. The smallest absolute Gasteiger partial charge is 0.341 e. The summed E-state index contributed by atoms with van der Waals surface area (Å²) >= 11 is 1.18. The zero-order valence-electron chi connectivity index (χ0n) is 15.4. The molecule has 2 aromatic heterocycles. The van der Waals surface area contributed by atoms with Crippen LogP contribution in [0.4, 0.5) is 5.00 Å². The Hall–Kier alpha value is -2.61. The van der Waals surface area contributed by atoms with E-state index in [0.717, 1.165) is 6.42 Å². The van der Waals surface area contributed by atoms with Crippen molar-refractivity contribution >= 4 is 34.2 Å². The predicted molar refractivity (Wildman–Crippen MR) is 99.6 cm³/mol. The molecule has 2 aromatic rings. The van der Waals surface area contributed by atoms with Crippen molar-refractivity contribution in [3.8, 4) is 11.3 Å². The molecule has 3 rings (SSSR count). The Balaban J connectivity index is 1.74. The fourth-order valence-corrected chi connectivity index (χ4v) is 3.63. The molecule has 0 spiro atoms. The predicted octanol–water partition coefficient (Wildman–Crippen LogP) is 3.63. The van der Waals surface area contributed by atoms with E-state index in [2.05, 4.69) is 5.32 Å². The van der Waals surface area contributed by atoms with Crippen molar-refractivity contribution in [2.24, 2.45) is 11.8 Å². The van der Waals surface area contributed by atoms with Gasteiger partial charge in [0.25, 0.3) is 5.91 Å². The maximum atomic E-state index is 12.4. The van der Waals surface area contributed by atoms with Gasteiger partial charge < -0.3 is 19.2 Å². The minimum atomic E-state index is -0.554. The first-order valence-corrected chi connectivity index (χ1v) is 9.60. The summed E-state index contributed by atoms with van der Waals surface area (Å²) in [6, 6.07) is 3.54. The largest absolute Gasteiger partial charge is 0.462 e. The Morgan fingerprint density at radius 1 is 1.30 bits per heavy atom. The number of furan rings is 1. The van der Waals surface area contributed by atoms with E-state index >= 15 is 0 Å². The van der Waals surface area contributed by atoms with Gasteiger partial charge in [-0.25, -0.2) is 4.79 Å². The third-order valence-corrected chi connectivity index (χ3v) is 5.18. The number of nitrogens with one attached hydrogen (secondary N) is 1. The topological polar surface area (TPSA) is 94.8 Å². The molecule has 144 valence electrons. The monoisotopic (exact) mass is 391 g/mol. The van der Waals surface area contributed by atoms with Crippen LogP contribution in [0.1, 0.15) is 36.4 Å². The fraction of sp³-hybridized carbons (Fsp3) is 0.421. The highest BCUT2D eigenvalue weighted by atomic mass is 32.1. The van der Waals surface area contributed by atoms with Gasteiger partial charge in [-0.15, -0.1) is 11.3 Å². The molecular formula is C19H21NO6S. The molecule has 0 aromatic carbocycles. The van der Waals surface area contributed by atoms with Crippen LogP contribution in [0.2, 0.25) is 0 Å². The molecule has 2 heterocycles. The second-order valence-electron chi connectivity index (χ2n) is 6.46. The third kappa shape index (κ3) is 4.39. The summed E-state index contributed by atoms with van der Waals surface area (Å²) in [5, 5.41) is 4.68. The van der Waals surface area contributed by atoms with Crippen molar-refractivity contribution in [1.29, 1.82) is 0 Å². The molecule has 1 N–H and O–H groups in total. The SMILES string of the molecule is CCOC(=O)c1c(-c2ccc(C)o2)csc1NC(=O)COC(=O)[C@@H]1C[C@@H]1C. The third-order valence-electron chi connectivity index (χ3n) is 4.29. The van der Waals surface area contributed by atoms with Crippen LogP contribution in [0.15, 0.2) is 21.9 Å². The van der Waals surface area contributed by atoms with E-state index in [4.69, 9.17) is 13.9 Å². The maximum absolute atomic E-state index is 12.4. The normalized spacial score (nSPS) is 18.0. The van der Waals surface area contributed by atoms with Crippen LogP contribution in [-0.4, -0.2) is 31.1 Å². The number of carbonyl (C=O) groups is 3. The summed E-state index contributed by atoms with van der Waals surface area (Å²) in [6.45, 7) is 5.28. The molecule has 8 heteroatoms. The molecule has 0 saturated heterocycles. The molecular weight excluding hydrogens is 370 g/mol. The van der Waals surface area contributed by atoms with Crippen LogP contribution in [0.25, 0.3) is 11.3 Å². The number of esters is 2. The number of rotatable bonds is 7. The Labute approximate surface area is 160 Å². The lowest BCUT2D eigenvalue weighted by Gasteiger charge is -2.08. The highest BCUT2D eigenvalue weighted by molar-refractivity contribution is 7.15. The van der Waals surface area contributed by atoms with E-state index in [-0.39, 0.29) is 24.1 Å². The van der Waals surface area contributed by atoms with E-state index < -0.39 is 18.5 Å². The lowest BCUT2D eigenvalue weighted by atomic mass is 10.1. The van der Waals surface area contributed by atoms with Gasteiger partial charge in [0.2, 0.25) is 0 Å². The van der Waals surface area contributed by atoms with Gasteiger partial charge in [0, 0.05) is 10.9 Å². The minimum absolute atomic E-state index is 0.108. The lowest BCUT2D eigenvalue weighted by molar-refractivity contribution is -0.148. The van der Waals surface area contributed by atoms with Crippen LogP contribution >= 0.6 is 11.3 Å². The van der Waals surface area contributed by atoms with Crippen molar-refractivity contribution in [3.63, 3.8) is 0 Å². The van der Waals surface area contributed by atoms with Gasteiger partial charge in [-0.05, 0) is 38.3 Å². The second kappa shape index (κ2) is 7.96. The van der Waals surface area contributed by atoms with E-state index in [9.17, 15) is 14.4 Å². The maximum Gasteiger partial charge on any atom is 0.341 e. The first-order chi connectivity index (χ1) is 12.9. The number of thiophene rings is 1. The molecule has 7 nitrogen and oxygen atoms in total. The Kier molecular flexibility index (Phi) is 5.65. The van der Waals surface area contributed by atoms with Crippen molar-refractivity contribution < 1.29 is 28.3 Å². The first-order valence-electron chi connectivity index (χ1n) is 8.72. The highest BCUT2D eigenvalue weighted by Gasteiger charge is 2.40. The van der Waals surface area contributed by atoms with Crippen molar-refractivity contribution in [1.82, 2.24) is 0 Å². The van der Waals surface area contributed by atoms with Gasteiger partial charge in [-0.1, -0.05) is 6.92 Å². The van der Waals surface area contributed by atoms with Crippen LogP contribution in [0.3, 0.4) is 0 Å². The number of anilines is 1. The number of aryl methyl sites for hydroxylation is 1. The molecule has 1 fully saturated rings. The summed E-state index contributed by atoms with van der Waals surface area (Å²) in [5.41, 5.74) is 0.775. The minimum Gasteiger partial charge on any atom is -0.462 e. The van der Waals surface area contributed by atoms with Crippen LogP contribution in [-0.2, 0) is 19.1 Å². The zero-order valence-corrected chi connectivity index (χ0v) is 16.2. The van der Waals surface area contributed by atoms with E-state index in [0.29, 0.717) is 28.0 Å². The average molecular weight is 391 g/mol. The van der Waals surface area contributed by atoms with Crippen LogP contribution < -0.4 is 5.32 Å². The first kappa shape index (κ1) is 19.2. The van der Waals surface area contributed by atoms with Gasteiger partial charge in [0.05, 0.1) is 12.5 Å².